The van der Waals surface area contributed by atoms with E-state index in [9.17, 15) is 4.79 Å². The maximum Gasteiger partial charge on any atom is 0.128 e. The van der Waals surface area contributed by atoms with Crippen LogP contribution in [0.3, 0.4) is 0 Å². The number of rotatable bonds is 2. The van der Waals surface area contributed by atoms with Crippen molar-refractivity contribution in [2.45, 2.75) is 12.5 Å². The van der Waals surface area contributed by atoms with Crippen molar-refractivity contribution in [2.75, 3.05) is 0 Å². The molecule has 1 aliphatic heterocycles. The van der Waals surface area contributed by atoms with Crippen LogP contribution in [-0.4, -0.2) is 18.4 Å². The van der Waals surface area contributed by atoms with Gasteiger partial charge < -0.3 is 14.5 Å². The smallest absolute Gasteiger partial charge is 0.128 e. The number of carbonyl (C=O) groups excluding carboxylic acids is 1. The van der Waals surface area contributed by atoms with Crippen LogP contribution in [-0.2, 0) is 16.0 Å². The number of aliphatic imine (C=N–C) groups is 1. The van der Waals surface area contributed by atoms with Crippen LogP contribution in [0.4, 0.5) is 0 Å². The Kier molecular flexibility index (Phi) is 2.08. The van der Waals surface area contributed by atoms with E-state index in [0.29, 0.717) is 6.42 Å². The summed E-state index contributed by atoms with van der Waals surface area (Å²) in [6, 6.07) is 9.70. The highest BCUT2D eigenvalue weighted by Gasteiger charge is 2.12. The molecule has 0 aromatic heterocycles. The van der Waals surface area contributed by atoms with Gasteiger partial charge in [-0.25, -0.2) is 0 Å². The molecule has 0 aliphatic carbocycles. The summed E-state index contributed by atoms with van der Waals surface area (Å²) in [6.45, 7) is 0. The summed E-state index contributed by atoms with van der Waals surface area (Å²) >= 11 is 0. The van der Waals surface area contributed by atoms with E-state index in [4.69, 9.17) is 4.74 Å². The second kappa shape index (κ2) is 3.39. The van der Waals surface area contributed by atoms with Gasteiger partial charge in [0.1, 0.15) is 5.91 Å². The zero-order chi connectivity index (χ0) is 9.10. The second-order valence-corrected chi connectivity index (χ2v) is 2.84. The fourth-order valence-corrected chi connectivity index (χ4v) is 1.21. The number of benzene rings is 1. The van der Waals surface area contributed by atoms with E-state index in [1.165, 1.54) is 0 Å². The van der Waals surface area contributed by atoms with Crippen molar-refractivity contribution in [2.24, 2.45) is 4.99 Å². The molecule has 0 N–H and O–H groups in total. The Morgan fingerprint density at radius 3 is 2.77 bits per heavy atom. The van der Waals surface area contributed by atoms with Gasteiger partial charge in [0.15, 0.2) is 0 Å². The quantitative estimate of drug-likeness (QED) is 0.629. The Labute approximate surface area is 76.1 Å². The molecular weight excluding hydrogens is 166 g/mol. The molecular formula is C10H8NO2-. The van der Waals surface area contributed by atoms with Gasteiger partial charge in [-0.05, 0) is 12.0 Å². The largest absolute Gasteiger partial charge is 0.577 e. The molecule has 1 atom stereocenters. The van der Waals surface area contributed by atoms with Crippen LogP contribution in [0.1, 0.15) is 5.56 Å². The van der Waals surface area contributed by atoms with Gasteiger partial charge in [-0.2, -0.15) is 0 Å². The summed E-state index contributed by atoms with van der Waals surface area (Å²) in [5.41, 5.74) is 1.07. The topological polar surface area (TPSA) is 38.7 Å². The Morgan fingerprint density at radius 1 is 1.38 bits per heavy atom. The maximum atomic E-state index is 11.0. The molecule has 0 bridgehead atoms. The fourth-order valence-electron chi connectivity index (χ4n) is 1.21. The fraction of sp³-hybridized carbons (Fsp3) is 0.200. The molecule has 2 rings (SSSR count). The van der Waals surface area contributed by atoms with Crippen LogP contribution in [0.15, 0.2) is 35.3 Å². The molecule has 3 nitrogen and oxygen atoms in total. The predicted molar refractivity (Wildman–Crippen MR) is 47.5 cm³/mol. The minimum Gasteiger partial charge on any atom is -0.577 e. The van der Waals surface area contributed by atoms with Gasteiger partial charge in [0.2, 0.25) is 0 Å². The average molecular weight is 174 g/mol. The Bertz CT molecular complexity index is 332. The normalized spacial score (nSPS) is 20.3. The highest BCUT2D eigenvalue weighted by Crippen LogP contribution is 2.09. The molecule has 1 aliphatic rings. The van der Waals surface area contributed by atoms with Crippen molar-refractivity contribution in [1.82, 2.24) is 0 Å². The first-order valence-corrected chi connectivity index (χ1v) is 4.05. The lowest BCUT2D eigenvalue weighted by Crippen LogP contribution is -2.18. The Balaban J connectivity index is 2.03. The van der Waals surface area contributed by atoms with Crippen LogP contribution in [0.2, 0.25) is 0 Å². The third-order valence-corrected chi connectivity index (χ3v) is 1.89. The monoisotopic (exact) mass is 174 g/mol. The molecule has 13 heavy (non-hydrogen) atoms. The van der Waals surface area contributed by atoms with E-state index in [0.717, 1.165) is 5.56 Å². The minimum atomic E-state index is -0.470. The standard InChI is InChI=1S/C10H8NO2/c12-10-9(13-7-11-10)6-8-4-2-1-3-5-8/h1-5,9H,6H2/q-1/t9-/m1/s1. The Morgan fingerprint density at radius 2 is 2.15 bits per heavy atom. The summed E-state index contributed by atoms with van der Waals surface area (Å²) in [5, 5.41) is 0. The van der Waals surface area contributed by atoms with Gasteiger partial charge >= 0.3 is 0 Å². The van der Waals surface area contributed by atoms with E-state index in [1.807, 2.05) is 30.3 Å². The van der Waals surface area contributed by atoms with Crippen molar-refractivity contribution in [3.8, 4) is 0 Å². The highest BCUT2D eigenvalue weighted by molar-refractivity contribution is 5.91. The van der Waals surface area contributed by atoms with E-state index in [-0.39, 0.29) is 5.91 Å². The minimum absolute atomic E-state index is 0.246. The van der Waals surface area contributed by atoms with Gasteiger partial charge in [-0.3, -0.25) is 0 Å². The summed E-state index contributed by atoms with van der Waals surface area (Å²) in [4.78, 5) is 14.4. The first-order chi connectivity index (χ1) is 6.36. The van der Waals surface area contributed by atoms with Crippen LogP contribution >= 0.6 is 0 Å². The third kappa shape index (κ3) is 1.75. The second-order valence-electron chi connectivity index (χ2n) is 2.84. The van der Waals surface area contributed by atoms with Gasteiger partial charge in [0, 0.05) is 6.40 Å². The summed E-state index contributed by atoms with van der Waals surface area (Å²) < 4.78 is 4.90. The number of hydrogen-bond acceptors (Lipinski definition) is 2. The molecule has 0 fully saturated rings. The van der Waals surface area contributed by atoms with Gasteiger partial charge in [0.05, 0.1) is 6.10 Å². The molecule has 1 aromatic carbocycles. The lowest BCUT2D eigenvalue weighted by atomic mass is 10.1. The number of amides is 1. The average Bonchev–Trinajstić information content (AvgIpc) is 2.54. The van der Waals surface area contributed by atoms with E-state index in [2.05, 4.69) is 11.4 Å². The van der Waals surface area contributed by atoms with Crippen LogP contribution in [0, 0.1) is 0 Å². The molecule has 0 radical (unpaired) electrons. The molecule has 0 spiro atoms. The zero-order valence-electron chi connectivity index (χ0n) is 6.93. The van der Waals surface area contributed by atoms with Gasteiger partial charge in [-0.1, -0.05) is 30.3 Å². The maximum absolute atomic E-state index is 11.0. The summed E-state index contributed by atoms with van der Waals surface area (Å²) in [7, 11) is 0. The van der Waals surface area contributed by atoms with Crippen LogP contribution in [0.5, 0.6) is 0 Å². The van der Waals surface area contributed by atoms with E-state index in [1.54, 1.807) is 0 Å². The zero-order valence-corrected chi connectivity index (χ0v) is 6.93. The number of nitrogens with zero attached hydrogens (tertiary/aromatic N) is 1. The molecule has 1 amide bonds. The van der Waals surface area contributed by atoms with Crippen molar-refractivity contribution in [3.05, 3.63) is 35.9 Å². The molecule has 0 saturated heterocycles. The van der Waals surface area contributed by atoms with Gasteiger partial charge in [-0.15, -0.1) is 0 Å². The third-order valence-electron chi connectivity index (χ3n) is 1.89. The lowest BCUT2D eigenvalue weighted by Gasteiger charge is -2.13. The number of ether oxygens (including phenoxy) is 1. The Hall–Kier alpha value is -1.64. The highest BCUT2D eigenvalue weighted by atomic mass is 16.5. The van der Waals surface area contributed by atoms with E-state index >= 15 is 0 Å². The van der Waals surface area contributed by atoms with Gasteiger partial charge in [0.25, 0.3) is 0 Å². The molecule has 0 unspecified atom stereocenters. The van der Waals surface area contributed by atoms with Crippen molar-refractivity contribution >= 4 is 12.3 Å². The predicted octanol–water partition coefficient (Wildman–Crippen LogP) is 1.06. The molecule has 66 valence electrons. The molecule has 0 saturated carbocycles. The molecule has 1 aromatic rings. The van der Waals surface area contributed by atoms with Crippen LogP contribution < -0.4 is 0 Å². The summed E-state index contributed by atoms with van der Waals surface area (Å²) in [5.74, 6) is -0.246. The number of carbonyl (C=O) groups is 1. The van der Waals surface area contributed by atoms with Crippen molar-refractivity contribution < 1.29 is 9.53 Å². The van der Waals surface area contributed by atoms with Crippen molar-refractivity contribution in [1.29, 1.82) is 0 Å². The number of hydrogen-bond donors (Lipinski definition) is 0. The van der Waals surface area contributed by atoms with Crippen molar-refractivity contribution in [3.63, 3.8) is 0 Å². The SMILES string of the molecule is O=C1N=[C-]O[C@@H]1Cc1ccccc1. The lowest BCUT2D eigenvalue weighted by molar-refractivity contribution is -0.122. The molecule has 3 heteroatoms. The van der Waals surface area contributed by atoms with Crippen LogP contribution in [0.25, 0.3) is 0 Å². The summed E-state index contributed by atoms with van der Waals surface area (Å²) in [6.07, 6.45) is 2.31. The first kappa shape index (κ1) is 7.98. The van der Waals surface area contributed by atoms with E-state index < -0.39 is 6.10 Å². The molecule has 1 heterocycles. The first-order valence-electron chi connectivity index (χ1n) is 4.05.